The molecule has 0 saturated carbocycles. The van der Waals surface area contributed by atoms with Gasteiger partial charge in [0, 0.05) is 30.9 Å². The lowest BCUT2D eigenvalue weighted by molar-refractivity contribution is -0.128. The number of nitrogens with one attached hydrogen (secondary N) is 3. The van der Waals surface area contributed by atoms with E-state index >= 15 is 0 Å². The third-order valence-electron chi connectivity index (χ3n) is 18.0. The fourth-order valence-corrected chi connectivity index (χ4v) is 12.9. The number of aliphatic hydroxyl groups is 1. The number of unbranched alkanes of at least 4 members (excludes halogenated alkanes) is 2. The molecule has 2 unspecified atom stereocenters. The Morgan fingerprint density at radius 1 is 0.642 bits per heavy atom. The van der Waals surface area contributed by atoms with Crippen LogP contribution < -0.4 is 44.7 Å². The summed E-state index contributed by atoms with van der Waals surface area (Å²) < 4.78 is 48.4. The Hall–Kier alpha value is -9.39. The standard InChI is InChI=1S/C71H87N7O16Si/c1-13-30-91-68(84)74-61(43(3)4)63(80)72-44(5)62(79)73-50-28-26-45(27-29-50)42-93-69(85)77-53-38-59(57(87-9)36-51(53)64(81)75-40-48-24-18-16-22-46(48)34-55(75)66(77)83)89-32-20-15-21-33-90-60-39-54-52(37-58(60)88-10)65(82)76-41-49-25-19-17-23-47(49)35-56(76)67(78(54)70(86)92-31-14-2)94-95(11,12)71(6,7)8/h13-14,16-19,22-29,36-39,43-44,55-56,61,66-67,83H,1-2,15,20-21,30-35,40-42H2,3-12H3,(H,72,80)(H,73,79)(H,74,84)/t44-,55-,56-,61-,66?,67?/m0/s1. The van der Waals surface area contributed by atoms with Gasteiger partial charge in [-0.15, -0.1) is 0 Å². The molecular formula is C71H87N7O16Si. The summed E-state index contributed by atoms with van der Waals surface area (Å²) in [6, 6.07) is 24.9. The first-order valence-electron chi connectivity index (χ1n) is 32.0. The van der Waals surface area contributed by atoms with E-state index in [0.717, 1.165) is 27.2 Å². The van der Waals surface area contributed by atoms with E-state index in [1.807, 2.05) is 48.5 Å². The molecule has 9 rings (SSSR count). The van der Waals surface area contributed by atoms with E-state index in [1.165, 1.54) is 50.3 Å². The number of rotatable bonds is 24. The van der Waals surface area contributed by atoms with Crippen LogP contribution in [0.25, 0.3) is 0 Å². The lowest BCUT2D eigenvalue weighted by atomic mass is 9.93. The average molecular weight is 1320 g/mol. The molecule has 0 aliphatic carbocycles. The molecule has 0 fully saturated rings. The highest BCUT2D eigenvalue weighted by molar-refractivity contribution is 6.74. The highest BCUT2D eigenvalue weighted by atomic mass is 28.4. The van der Waals surface area contributed by atoms with E-state index in [4.69, 9.17) is 37.6 Å². The first kappa shape index (κ1) is 69.9. The van der Waals surface area contributed by atoms with Crippen molar-refractivity contribution in [3.63, 3.8) is 0 Å². The third kappa shape index (κ3) is 15.7. The summed E-state index contributed by atoms with van der Waals surface area (Å²) in [4.78, 5) is 103. The van der Waals surface area contributed by atoms with Gasteiger partial charge in [0.05, 0.1) is 62.0 Å². The first-order valence-corrected chi connectivity index (χ1v) is 34.9. The van der Waals surface area contributed by atoms with Crippen molar-refractivity contribution in [2.75, 3.05) is 55.8 Å². The second kappa shape index (κ2) is 30.3. The number of alkyl carbamates (subject to hydrolysis) is 1. The molecule has 95 heavy (non-hydrogen) atoms. The second-order valence-corrected chi connectivity index (χ2v) is 30.5. The van der Waals surface area contributed by atoms with Gasteiger partial charge in [0.2, 0.25) is 11.8 Å². The van der Waals surface area contributed by atoms with E-state index in [9.17, 15) is 38.7 Å². The molecule has 506 valence electrons. The first-order chi connectivity index (χ1) is 45.4. The number of benzene rings is 5. The van der Waals surface area contributed by atoms with Gasteiger partial charge in [-0.1, -0.05) is 121 Å². The Balaban J connectivity index is 0.886. The molecule has 5 aromatic carbocycles. The molecule has 4 N–H and O–H groups in total. The number of carbonyl (C=O) groups excluding carboxylic acids is 7. The number of carbonyl (C=O) groups is 7. The van der Waals surface area contributed by atoms with Crippen LogP contribution in [-0.2, 0) is 60.8 Å². The van der Waals surface area contributed by atoms with E-state index in [0.29, 0.717) is 55.0 Å². The van der Waals surface area contributed by atoms with Crippen molar-refractivity contribution in [1.29, 1.82) is 0 Å². The van der Waals surface area contributed by atoms with Gasteiger partial charge in [0.1, 0.15) is 31.9 Å². The zero-order chi connectivity index (χ0) is 68.5. The molecule has 23 nitrogen and oxygen atoms in total. The minimum absolute atomic E-state index is 0.0406. The smallest absolute Gasteiger partial charge is 0.416 e. The topological polar surface area (TPSA) is 263 Å². The minimum Gasteiger partial charge on any atom is -0.493 e. The molecule has 4 heterocycles. The molecule has 24 heteroatoms. The molecule has 4 aliphatic heterocycles. The number of methoxy groups -OCH3 is 2. The van der Waals surface area contributed by atoms with Crippen LogP contribution in [0.3, 0.4) is 0 Å². The van der Waals surface area contributed by atoms with E-state index in [1.54, 1.807) is 60.0 Å². The fraction of sp³-hybridized carbons (Fsp3) is 0.423. The zero-order valence-electron chi connectivity index (χ0n) is 55.7. The van der Waals surface area contributed by atoms with Crippen molar-refractivity contribution in [2.24, 2.45) is 5.92 Å². The quantitative estimate of drug-likeness (QED) is 0.0194. The Morgan fingerprint density at radius 2 is 1.15 bits per heavy atom. The van der Waals surface area contributed by atoms with Crippen LogP contribution in [0.5, 0.6) is 23.0 Å². The van der Waals surface area contributed by atoms with Gasteiger partial charge in [0.25, 0.3) is 11.8 Å². The number of ether oxygens (including phenoxy) is 7. The van der Waals surface area contributed by atoms with Crippen LogP contribution in [0, 0.1) is 5.92 Å². The lowest BCUT2D eigenvalue weighted by Crippen LogP contribution is -2.60. The van der Waals surface area contributed by atoms with Crippen molar-refractivity contribution in [3.05, 3.63) is 161 Å². The van der Waals surface area contributed by atoms with Gasteiger partial charge in [-0.25, -0.2) is 24.2 Å². The number of hydrogen-bond acceptors (Lipinski definition) is 16. The SMILES string of the molecule is C=CCOC(=O)N[C@H](C(=O)N[C@@H](C)C(=O)Nc1ccc(COC(=O)N2c3cc(OCCCCCOc4cc5c(cc4OC)C(=O)N4Cc6ccccc6C[C@H]4C(O[Si](C)(C)C(C)(C)C)N5C(=O)OCC=C)c(OC)cc3C(=O)N3Cc4ccccc4C[C@H]3C2O)cc1)C(C)C. The lowest BCUT2D eigenvalue weighted by Gasteiger charge is -2.47. The summed E-state index contributed by atoms with van der Waals surface area (Å²) in [7, 11) is 0.275. The van der Waals surface area contributed by atoms with Crippen molar-refractivity contribution in [1.82, 2.24) is 20.4 Å². The Labute approximate surface area is 555 Å². The predicted octanol–water partition coefficient (Wildman–Crippen LogP) is 10.8. The Kier molecular flexibility index (Phi) is 22.3. The van der Waals surface area contributed by atoms with E-state index in [-0.39, 0.29) is 96.9 Å². The number of aliphatic hydroxyl groups excluding tert-OH is 1. The summed E-state index contributed by atoms with van der Waals surface area (Å²) >= 11 is 0. The van der Waals surface area contributed by atoms with Crippen LogP contribution >= 0.6 is 0 Å². The minimum atomic E-state index is -2.66. The fourth-order valence-electron chi connectivity index (χ4n) is 11.7. The number of hydrogen-bond donors (Lipinski definition) is 4. The summed E-state index contributed by atoms with van der Waals surface area (Å²) in [6.07, 6.45) is 0.240. The van der Waals surface area contributed by atoms with Gasteiger partial charge in [-0.05, 0) is 115 Å². The van der Waals surface area contributed by atoms with Gasteiger partial charge in [0.15, 0.2) is 43.8 Å². The number of amides is 7. The number of nitrogens with zero attached hydrogens (tertiary/aromatic N) is 4. The van der Waals surface area contributed by atoms with Crippen LogP contribution in [-0.4, -0.2) is 142 Å². The normalized spacial score (nSPS) is 17.9. The van der Waals surface area contributed by atoms with Crippen molar-refractivity contribution >= 4 is 67.3 Å². The molecule has 0 bridgehead atoms. The van der Waals surface area contributed by atoms with Crippen LogP contribution in [0.4, 0.5) is 31.4 Å². The highest BCUT2D eigenvalue weighted by Gasteiger charge is 2.51. The second-order valence-electron chi connectivity index (χ2n) is 25.8. The van der Waals surface area contributed by atoms with Crippen LogP contribution in [0.2, 0.25) is 18.1 Å². The molecule has 0 radical (unpaired) electrons. The Bertz CT molecular complexity index is 3690. The molecule has 0 aromatic heterocycles. The highest BCUT2D eigenvalue weighted by Crippen LogP contribution is 2.47. The van der Waals surface area contributed by atoms with Gasteiger partial charge < -0.3 is 68.4 Å². The number of anilines is 3. The maximum absolute atomic E-state index is 15.0. The molecule has 4 aliphatic rings. The van der Waals surface area contributed by atoms with Gasteiger partial charge in [-0.3, -0.25) is 19.2 Å². The maximum atomic E-state index is 15.0. The average Bonchev–Trinajstić information content (AvgIpc) is 1.62. The van der Waals surface area contributed by atoms with Crippen molar-refractivity contribution in [2.45, 2.75) is 148 Å². The molecule has 5 aromatic rings. The predicted molar refractivity (Wildman–Crippen MR) is 359 cm³/mol. The van der Waals surface area contributed by atoms with Gasteiger partial charge >= 0.3 is 18.3 Å². The monoisotopic (exact) mass is 1320 g/mol. The van der Waals surface area contributed by atoms with Crippen LogP contribution in [0.15, 0.2) is 122 Å². The summed E-state index contributed by atoms with van der Waals surface area (Å²) in [6.45, 7) is 23.3. The van der Waals surface area contributed by atoms with Crippen molar-refractivity contribution < 1.29 is 76.3 Å². The molecular weight excluding hydrogens is 1230 g/mol. The zero-order valence-corrected chi connectivity index (χ0v) is 56.7. The molecule has 0 saturated heterocycles. The largest absolute Gasteiger partial charge is 0.493 e. The Morgan fingerprint density at radius 3 is 1.67 bits per heavy atom. The van der Waals surface area contributed by atoms with Gasteiger partial charge in [-0.2, -0.15) is 0 Å². The maximum Gasteiger partial charge on any atom is 0.416 e. The molecule has 6 atom stereocenters. The van der Waals surface area contributed by atoms with E-state index < -0.39 is 80.9 Å². The molecule has 0 spiro atoms. The summed E-state index contributed by atoms with van der Waals surface area (Å²) in [5, 5.41) is 20.0. The van der Waals surface area contributed by atoms with Crippen molar-refractivity contribution in [3.8, 4) is 23.0 Å². The van der Waals surface area contributed by atoms with Crippen LogP contribution in [0.1, 0.15) is 109 Å². The van der Waals surface area contributed by atoms with E-state index in [2.05, 4.69) is 63.0 Å². The third-order valence-corrected chi connectivity index (χ3v) is 22.4. The number of fused-ring (bicyclic) bond motifs is 6. The molecule has 7 amide bonds. The summed E-state index contributed by atoms with van der Waals surface area (Å²) in [5.41, 5.74) is 5.39. The summed E-state index contributed by atoms with van der Waals surface area (Å²) in [5.74, 6) is -1.16.